The van der Waals surface area contributed by atoms with Crippen LogP contribution in [0.1, 0.15) is 30.5 Å². The van der Waals surface area contributed by atoms with E-state index >= 15 is 0 Å². The maximum absolute atomic E-state index is 12.9. The highest BCUT2D eigenvalue weighted by Crippen LogP contribution is 2.30. The monoisotopic (exact) mass is 429 g/mol. The number of anilines is 1. The molecule has 2 aromatic carbocycles. The quantitative estimate of drug-likeness (QED) is 0.765. The highest BCUT2D eigenvalue weighted by molar-refractivity contribution is 7.89. The van der Waals surface area contributed by atoms with Crippen molar-refractivity contribution in [3.63, 3.8) is 0 Å². The van der Waals surface area contributed by atoms with Crippen LogP contribution in [0.3, 0.4) is 0 Å². The Labute approximate surface area is 177 Å². The van der Waals surface area contributed by atoms with E-state index in [4.69, 9.17) is 0 Å². The van der Waals surface area contributed by atoms with Crippen molar-refractivity contribution >= 4 is 27.5 Å². The highest BCUT2D eigenvalue weighted by Gasteiger charge is 2.37. The van der Waals surface area contributed by atoms with Gasteiger partial charge in [0, 0.05) is 32.7 Å². The molecule has 1 N–H and O–H groups in total. The third-order valence-electron chi connectivity index (χ3n) is 5.58. The molecule has 3 rings (SSSR count). The summed E-state index contributed by atoms with van der Waals surface area (Å²) in [6.45, 7) is 3.94. The van der Waals surface area contributed by atoms with Gasteiger partial charge in [-0.2, -0.15) is 0 Å². The second kappa shape index (κ2) is 8.57. The fourth-order valence-corrected chi connectivity index (χ4v) is 4.79. The fraction of sp³-hybridized carbons (Fsp3) is 0.364. The van der Waals surface area contributed by atoms with Crippen molar-refractivity contribution < 1.29 is 18.0 Å². The van der Waals surface area contributed by atoms with Crippen molar-refractivity contribution in [2.45, 2.75) is 31.2 Å². The molecule has 0 spiro atoms. The minimum Gasteiger partial charge on any atom is -0.335 e. The van der Waals surface area contributed by atoms with Crippen molar-refractivity contribution in [1.29, 1.82) is 0 Å². The predicted octanol–water partition coefficient (Wildman–Crippen LogP) is 2.79. The first-order valence-corrected chi connectivity index (χ1v) is 11.2. The van der Waals surface area contributed by atoms with Crippen LogP contribution in [0.2, 0.25) is 0 Å². The first-order valence-electron chi connectivity index (χ1n) is 9.80. The minimum absolute atomic E-state index is 0.0628. The minimum atomic E-state index is -3.62. The van der Waals surface area contributed by atoms with Crippen LogP contribution in [0.25, 0.3) is 0 Å². The van der Waals surface area contributed by atoms with Gasteiger partial charge in [-0.15, -0.1) is 0 Å². The van der Waals surface area contributed by atoms with E-state index in [0.29, 0.717) is 17.8 Å². The number of hydrogen-bond acceptors (Lipinski definition) is 4. The molecular weight excluding hydrogens is 402 g/mol. The van der Waals surface area contributed by atoms with Crippen LogP contribution in [0.5, 0.6) is 0 Å². The number of hydrogen-bond donors (Lipinski definition) is 1. The molecule has 1 aliphatic heterocycles. The number of nitrogens with zero attached hydrogens (tertiary/aromatic N) is 2. The van der Waals surface area contributed by atoms with Crippen molar-refractivity contribution in [2.24, 2.45) is 5.92 Å². The summed E-state index contributed by atoms with van der Waals surface area (Å²) in [7, 11) is -0.695. The van der Waals surface area contributed by atoms with E-state index in [1.54, 1.807) is 24.0 Å². The summed E-state index contributed by atoms with van der Waals surface area (Å²) < 4.78 is 26.1. The maximum atomic E-state index is 12.9. The molecule has 0 aromatic heterocycles. The number of sulfonamides is 1. The van der Waals surface area contributed by atoms with E-state index in [1.165, 1.54) is 20.2 Å². The molecule has 30 heavy (non-hydrogen) atoms. The molecule has 2 atom stereocenters. The Hall–Kier alpha value is -2.71. The summed E-state index contributed by atoms with van der Waals surface area (Å²) in [5, 5.41) is 2.82. The zero-order valence-corrected chi connectivity index (χ0v) is 18.4. The number of amides is 2. The van der Waals surface area contributed by atoms with E-state index in [-0.39, 0.29) is 29.2 Å². The normalized spacial score (nSPS) is 18.0. The molecule has 2 unspecified atom stereocenters. The lowest BCUT2D eigenvalue weighted by Crippen LogP contribution is -2.30. The summed E-state index contributed by atoms with van der Waals surface area (Å²) in [5.41, 5.74) is 1.92. The predicted molar refractivity (Wildman–Crippen MR) is 115 cm³/mol. The average Bonchev–Trinajstić information content (AvgIpc) is 3.11. The molecule has 2 amide bonds. The second-order valence-corrected chi connectivity index (χ2v) is 9.86. The third-order valence-corrected chi connectivity index (χ3v) is 7.54. The number of benzene rings is 2. The van der Waals surface area contributed by atoms with Gasteiger partial charge in [0.05, 0.1) is 16.9 Å². The Balaban J connectivity index is 1.75. The van der Waals surface area contributed by atoms with Gasteiger partial charge in [0.2, 0.25) is 21.8 Å². The van der Waals surface area contributed by atoms with E-state index < -0.39 is 15.9 Å². The Morgan fingerprint density at radius 2 is 1.80 bits per heavy atom. The molecule has 0 bridgehead atoms. The lowest BCUT2D eigenvalue weighted by atomic mass is 10.1. The SMILES string of the molecule is Cc1c(NC(=O)C2CC(=O)N(C(C)c3ccccc3)C2)cccc1S(=O)(=O)N(C)C. The molecule has 8 heteroatoms. The summed E-state index contributed by atoms with van der Waals surface area (Å²) in [4.78, 5) is 27.3. The molecule has 160 valence electrons. The molecule has 1 saturated heterocycles. The Morgan fingerprint density at radius 1 is 1.13 bits per heavy atom. The zero-order valence-electron chi connectivity index (χ0n) is 17.6. The van der Waals surface area contributed by atoms with Crippen LogP contribution >= 0.6 is 0 Å². The van der Waals surface area contributed by atoms with Gasteiger partial charge in [0.15, 0.2) is 0 Å². The van der Waals surface area contributed by atoms with Gasteiger partial charge >= 0.3 is 0 Å². The molecule has 1 aliphatic rings. The van der Waals surface area contributed by atoms with Crippen molar-refractivity contribution in [2.75, 3.05) is 26.0 Å². The molecule has 7 nitrogen and oxygen atoms in total. The molecule has 2 aromatic rings. The number of carbonyl (C=O) groups excluding carboxylic acids is 2. The summed E-state index contributed by atoms with van der Waals surface area (Å²) >= 11 is 0. The van der Waals surface area contributed by atoms with Crippen LogP contribution in [0, 0.1) is 12.8 Å². The van der Waals surface area contributed by atoms with E-state index in [0.717, 1.165) is 9.87 Å². The first-order chi connectivity index (χ1) is 14.1. The van der Waals surface area contributed by atoms with Crippen molar-refractivity contribution in [3.05, 3.63) is 59.7 Å². The van der Waals surface area contributed by atoms with Gasteiger partial charge in [0.25, 0.3) is 0 Å². The molecule has 1 heterocycles. The van der Waals surface area contributed by atoms with Gasteiger partial charge in [-0.25, -0.2) is 12.7 Å². The second-order valence-electron chi connectivity index (χ2n) is 7.74. The lowest BCUT2D eigenvalue weighted by molar-refractivity contribution is -0.129. The molecular formula is C22H27N3O4S. The van der Waals surface area contributed by atoms with Crippen molar-refractivity contribution in [3.8, 4) is 0 Å². The van der Waals surface area contributed by atoms with Gasteiger partial charge in [-0.3, -0.25) is 9.59 Å². The maximum Gasteiger partial charge on any atom is 0.242 e. The molecule has 0 radical (unpaired) electrons. The van der Waals surface area contributed by atoms with Crippen LogP contribution in [-0.4, -0.2) is 50.1 Å². The van der Waals surface area contributed by atoms with E-state index in [1.807, 2.05) is 37.3 Å². The highest BCUT2D eigenvalue weighted by atomic mass is 32.2. The van der Waals surface area contributed by atoms with Gasteiger partial charge in [0.1, 0.15) is 0 Å². The van der Waals surface area contributed by atoms with Gasteiger partial charge in [-0.1, -0.05) is 36.4 Å². The van der Waals surface area contributed by atoms with Gasteiger partial charge in [-0.05, 0) is 37.1 Å². The smallest absolute Gasteiger partial charge is 0.242 e. The summed E-state index contributed by atoms with van der Waals surface area (Å²) in [5.74, 6) is -0.835. The number of nitrogens with one attached hydrogen (secondary N) is 1. The summed E-state index contributed by atoms with van der Waals surface area (Å²) in [6, 6.07) is 14.4. The van der Waals surface area contributed by atoms with Crippen LogP contribution in [0.4, 0.5) is 5.69 Å². The zero-order chi connectivity index (χ0) is 22.1. The van der Waals surface area contributed by atoms with Crippen molar-refractivity contribution in [1.82, 2.24) is 9.21 Å². The fourth-order valence-electron chi connectivity index (χ4n) is 3.65. The van der Waals surface area contributed by atoms with Crippen LogP contribution < -0.4 is 5.32 Å². The third kappa shape index (κ3) is 4.24. The van der Waals surface area contributed by atoms with Gasteiger partial charge < -0.3 is 10.2 Å². The van der Waals surface area contributed by atoms with E-state index in [2.05, 4.69) is 5.32 Å². The van der Waals surface area contributed by atoms with Crippen LogP contribution in [-0.2, 0) is 19.6 Å². The molecule has 0 aliphatic carbocycles. The number of likely N-dealkylation sites (tertiary alicyclic amines) is 1. The molecule has 1 fully saturated rings. The number of carbonyl (C=O) groups is 2. The molecule has 0 saturated carbocycles. The topological polar surface area (TPSA) is 86.8 Å². The standard InChI is InChI=1S/C22H27N3O4S/c1-15-19(11-8-12-20(15)30(28,29)24(3)4)23-22(27)18-13-21(26)25(14-18)16(2)17-9-6-5-7-10-17/h5-12,16,18H,13-14H2,1-4H3,(H,23,27). The Morgan fingerprint density at radius 3 is 2.43 bits per heavy atom. The van der Waals surface area contributed by atoms with E-state index in [9.17, 15) is 18.0 Å². The Kier molecular flexibility index (Phi) is 6.28. The lowest BCUT2D eigenvalue weighted by Gasteiger charge is -2.25. The summed E-state index contributed by atoms with van der Waals surface area (Å²) in [6.07, 6.45) is 0.137. The Bertz CT molecular complexity index is 1050. The largest absolute Gasteiger partial charge is 0.335 e. The number of rotatable bonds is 6. The van der Waals surface area contributed by atoms with Crippen LogP contribution in [0.15, 0.2) is 53.4 Å². The first kappa shape index (κ1) is 22.0. The average molecular weight is 430 g/mol.